The van der Waals surface area contributed by atoms with E-state index in [0.717, 1.165) is 45.5 Å². The Balaban J connectivity index is 0.000000226. The van der Waals surface area contributed by atoms with Crippen molar-refractivity contribution in [3.05, 3.63) is 168 Å². The van der Waals surface area contributed by atoms with Crippen molar-refractivity contribution in [2.24, 2.45) is 0 Å². The van der Waals surface area contributed by atoms with Gasteiger partial charge >= 0.3 is 12.1 Å². The van der Waals surface area contributed by atoms with Crippen LogP contribution in [0.1, 0.15) is 70.7 Å². The van der Waals surface area contributed by atoms with Gasteiger partial charge in [0.1, 0.15) is 46.3 Å². The molecule has 0 aliphatic rings. The molecular formula is C58H66F2N12O6. The van der Waals surface area contributed by atoms with E-state index in [9.17, 15) is 18.4 Å². The normalized spacial score (nSPS) is 11.2. The summed E-state index contributed by atoms with van der Waals surface area (Å²) in [6.45, 7) is 18.0. The summed E-state index contributed by atoms with van der Waals surface area (Å²) in [4.78, 5) is 34.0. The second kappa shape index (κ2) is 25.8. The van der Waals surface area contributed by atoms with Crippen molar-refractivity contribution in [3.8, 4) is 34.4 Å². The smallest absolute Gasteiger partial charge is 0.324 e. The average Bonchev–Trinajstić information content (AvgIpc) is 4.02. The molecule has 0 aliphatic carbocycles. The topological polar surface area (TPSA) is 216 Å². The van der Waals surface area contributed by atoms with Gasteiger partial charge in [0, 0.05) is 109 Å². The number of aryl methyl sites for hydroxylation is 2. The number of aromatic nitrogens is 6. The third kappa shape index (κ3) is 16.1. The third-order valence-electron chi connectivity index (χ3n) is 11.5. The van der Waals surface area contributed by atoms with Gasteiger partial charge in [-0.05, 0) is 105 Å². The Bertz CT molecular complexity index is 3080. The van der Waals surface area contributed by atoms with E-state index in [1.165, 1.54) is 24.3 Å². The number of nitrogens with one attached hydrogen (secondary N) is 6. The zero-order valence-electron chi connectivity index (χ0n) is 45.2. The van der Waals surface area contributed by atoms with Crippen molar-refractivity contribution in [3.63, 3.8) is 0 Å². The fraction of sp³-hybridized carbons (Fsp3) is 0.276. The lowest BCUT2D eigenvalue weighted by Crippen LogP contribution is -2.22. The number of pyridine rings is 2. The van der Waals surface area contributed by atoms with Crippen LogP contribution in [0.5, 0.6) is 23.0 Å². The fourth-order valence-corrected chi connectivity index (χ4v) is 7.42. The summed E-state index contributed by atoms with van der Waals surface area (Å²) in [6.07, 6.45) is 3.88. The van der Waals surface area contributed by atoms with Gasteiger partial charge in [0.25, 0.3) is 0 Å². The van der Waals surface area contributed by atoms with Gasteiger partial charge in [-0.3, -0.25) is 20.6 Å². The number of hydrogen-bond acceptors (Lipinski definition) is 12. The molecular weight excluding hydrogens is 999 g/mol. The van der Waals surface area contributed by atoms with Gasteiger partial charge in [-0.15, -0.1) is 0 Å². The number of halogens is 2. The molecule has 4 aromatic carbocycles. The fourth-order valence-electron chi connectivity index (χ4n) is 7.42. The number of methoxy groups -OCH3 is 1. The van der Waals surface area contributed by atoms with Gasteiger partial charge in [-0.2, -0.15) is 10.2 Å². The highest BCUT2D eigenvalue weighted by molar-refractivity contribution is 6.00. The minimum absolute atomic E-state index is 0.00572. The predicted octanol–water partition coefficient (Wildman–Crippen LogP) is 12.7. The van der Waals surface area contributed by atoms with Crippen LogP contribution in [0, 0.1) is 25.5 Å². The number of amides is 4. The van der Waals surface area contributed by atoms with Crippen molar-refractivity contribution in [1.29, 1.82) is 0 Å². The SMILES string of the molecule is COCCNc1ccc(-n2nc(C(C)(C)C)cc2NC(=O)Nc2ccc(Oc3ccnc(C)c3)cc2F)cc1.Cc1cc(Oc2ccc(NC(=O)Nc3cc(C(C)(C)C)nn3-c3ccc(NCCCO)cc3)c(F)c2)ccn1. The van der Waals surface area contributed by atoms with Crippen LogP contribution in [0.3, 0.4) is 0 Å². The first-order valence-corrected chi connectivity index (χ1v) is 25.2. The van der Waals surface area contributed by atoms with E-state index in [1.807, 2.05) is 110 Å². The molecule has 0 aliphatic heterocycles. The molecule has 18 nitrogen and oxygen atoms in total. The molecule has 0 unspecified atom stereocenters. The highest BCUT2D eigenvalue weighted by Gasteiger charge is 2.24. The third-order valence-corrected chi connectivity index (χ3v) is 11.5. The van der Waals surface area contributed by atoms with Gasteiger partial charge in [0.15, 0.2) is 0 Å². The number of hydrogen-bond donors (Lipinski definition) is 7. The molecule has 20 heteroatoms. The molecule has 0 saturated heterocycles. The highest BCUT2D eigenvalue weighted by atomic mass is 19.1. The van der Waals surface area contributed by atoms with Crippen LogP contribution in [0.15, 0.2) is 134 Å². The Kier molecular flexibility index (Phi) is 18.8. The summed E-state index contributed by atoms with van der Waals surface area (Å²) in [6, 6.07) is 33.0. The van der Waals surface area contributed by atoms with E-state index in [4.69, 9.17) is 29.5 Å². The summed E-state index contributed by atoms with van der Waals surface area (Å²) >= 11 is 0. The summed E-state index contributed by atoms with van der Waals surface area (Å²) < 4.78 is 49.4. The van der Waals surface area contributed by atoms with Crippen LogP contribution >= 0.6 is 0 Å². The Morgan fingerprint density at radius 3 is 1.33 bits per heavy atom. The highest BCUT2D eigenvalue weighted by Crippen LogP contribution is 2.31. The number of anilines is 6. The number of aliphatic hydroxyl groups is 1. The molecule has 0 fully saturated rings. The number of ether oxygens (including phenoxy) is 3. The number of rotatable bonds is 18. The molecule has 4 amide bonds. The number of urea groups is 2. The second-order valence-corrected chi connectivity index (χ2v) is 20.1. The molecule has 408 valence electrons. The Labute approximate surface area is 452 Å². The molecule has 0 atom stereocenters. The monoisotopic (exact) mass is 1060 g/mol. The molecule has 7 N–H and O–H groups in total. The lowest BCUT2D eigenvalue weighted by atomic mass is 9.92. The number of aliphatic hydroxyl groups excluding tert-OH is 1. The van der Waals surface area contributed by atoms with Crippen molar-refractivity contribution in [1.82, 2.24) is 29.5 Å². The zero-order valence-corrected chi connectivity index (χ0v) is 45.2. The number of benzene rings is 4. The van der Waals surface area contributed by atoms with Crippen LogP contribution in [-0.4, -0.2) is 80.1 Å². The van der Waals surface area contributed by atoms with E-state index in [-0.39, 0.29) is 28.8 Å². The molecule has 8 rings (SSSR count). The van der Waals surface area contributed by atoms with E-state index < -0.39 is 23.7 Å². The first-order chi connectivity index (χ1) is 37.2. The van der Waals surface area contributed by atoms with Crippen molar-refractivity contribution < 1.29 is 37.7 Å². The molecule has 8 aromatic rings. The maximum absolute atomic E-state index is 14.8. The maximum Gasteiger partial charge on any atom is 0.324 e. The summed E-state index contributed by atoms with van der Waals surface area (Å²) in [7, 11) is 1.66. The Morgan fingerprint density at radius 1 is 0.551 bits per heavy atom. The van der Waals surface area contributed by atoms with Crippen LogP contribution in [-0.2, 0) is 15.6 Å². The van der Waals surface area contributed by atoms with Gasteiger partial charge in [0.05, 0.1) is 40.7 Å². The first kappa shape index (κ1) is 56.8. The van der Waals surface area contributed by atoms with Crippen LogP contribution in [0.4, 0.5) is 52.8 Å². The minimum atomic E-state index is -0.637. The standard InChI is InChI=1S/2C29H33FN6O3/c1-19-16-23(12-13-31-19)39-22-10-11-25(24(30)17-22)33-28(37)34-27-18-26(29(2,3)4)35-36(27)21-8-6-20(7-9-21)32-14-15-38-5;1-19-16-23(12-14-31-19)39-22-10-11-25(24(30)17-22)33-28(38)34-27-18-26(29(2,3)4)35-36(27)21-8-6-20(7-9-21)32-13-5-15-37/h6-13,16-18,32H,14-15H2,1-5H3,(H2,33,34,37);6-12,14,16-18,32,37H,5,13,15H2,1-4H3,(H2,33,34,38). The zero-order chi connectivity index (χ0) is 56.0. The number of carbonyl (C=O) groups excluding carboxylic acids is 2. The van der Waals surface area contributed by atoms with E-state index in [1.54, 1.807) is 71.3 Å². The average molecular weight is 1070 g/mol. The van der Waals surface area contributed by atoms with Gasteiger partial charge in [-0.25, -0.2) is 27.7 Å². The first-order valence-electron chi connectivity index (χ1n) is 25.2. The maximum atomic E-state index is 14.8. The summed E-state index contributed by atoms with van der Waals surface area (Å²) in [5.74, 6) is 1.30. The lowest BCUT2D eigenvalue weighted by molar-refractivity contribution is 0.211. The van der Waals surface area contributed by atoms with E-state index in [0.29, 0.717) is 60.8 Å². The van der Waals surface area contributed by atoms with Crippen LogP contribution < -0.4 is 41.4 Å². The van der Waals surface area contributed by atoms with E-state index in [2.05, 4.69) is 41.9 Å². The van der Waals surface area contributed by atoms with Crippen LogP contribution in [0.25, 0.3) is 11.4 Å². The van der Waals surface area contributed by atoms with Gasteiger partial charge < -0.3 is 40.6 Å². The molecule has 78 heavy (non-hydrogen) atoms. The van der Waals surface area contributed by atoms with Crippen molar-refractivity contribution >= 4 is 46.4 Å². The Morgan fingerprint density at radius 2 is 0.962 bits per heavy atom. The number of nitrogens with zero attached hydrogens (tertiary/aromatic N) is 6. The quantitative estimate of drug-likeness (QED) is 0.0400. The molecule has 4 aromatic heterocycles. The van der Waals surface area contributed by atoms with E-state index >= 15 is 0 Å². The number of carbonyl (C=O) groups is 2. The summed E-state index contributed by atoms with van der Waals surface area (Å²) in [5, 5.41) is 35.7. The molecule has 0 spiro atoms. The molecule has 0 saturated carbocycles. The second-order valence-electron chi connectivity index (χ2n) is 20.1. The predicted molar refractivity (Wildman–Crippen MR) is 301 cm³/mol. The van der Waals surface area contributed by atoms with Crippen molar-refractivity contribution in [2.45, 2.75) is 72.6 Å². The summed E-state index contributed by atoms with van der Waals surface area (Å²) in [5.41, 5.74) is 5.98. The van der Waals surface area contributed by atoms with Crippen LogP contribution in [0.2, 0.25) is 0 Å². The molecule has 0 radical (unpaired) electrons. The van der Waals surface area contributed by atoms with Gasteiger partial charge in [-0.1, -0.05) is 41.5 Å². The largest absolute Gasteiger partial charge is 0.457 e. The Hall–Kier alpha value is -8.88. The molecule has 0 bridgehead atoms. The molecule has 4 heterocycles. The van der Waals surface area contributed by atoms with Gasteiger partial charge in [0.2, 0.25) is 0 Å². The van der Waals surface area contributed by atoms with Crippen molar-refractivity contribution in [2.75, 3.05) is 65.3 Å². The minimum Gasteiger partial charge on any atom is -0.457 e. The lowest BCUT2D eigenvalue weighted by Gasteiger charge is -2.14.